The fraction of sp³-hybridized carbons (Fsp3) is 0.182. The molecule has 2 rings (SSSR count). The predicted molar refractivity (Wildman–Crippen MR) is 50.9 cm³/mol. The zero-order chi connectivity index (χ0) is 11.9. The van der Waals surface area contributed by atoms with Crippen LogP contribution in [0.1, 0.15) is 11.3 Å². The number of alkyl halides is 3. The first kappa shape index (κ1) is 10.7. The fourth-order valence-electron chi connectivity index (χ4n) is 1.54. The first-order valence-corrected chi connectivity index (χ1v) is 4.54. The van der Waals surface area contributed by atoms with E-state index in [1.54, 1.807) is 6.92 Å². The molecule has 16 heavy (non-hydrogen) atoms. The van der Waals surface area contributed by atoms with Crippen LogP contribution in [0.15, 0.2) is 24.3 Å². The molecule has 0 spiro atoms. The van der Waals surface area contributed by atoms with Crippen LogP contribution in [0.3, 0.4) is 0 Å². The molecule has 0 aliphatic rings. The Hall–Kier alpha value is -1.78. The predicted octanol–water partition coefficient (Wildman–Crippen LogP) is 2.64. The highest BCUT2D eigenvalue weighted by Crippen LogP contribution is 2.36. The summed E-state index contributed by atoms with van der Waals surface area (Å²) < 4.78 is 37.9. The molecule has 5 heteroatoms. The molecule has 0 saturated heterocycles. The third-order valence-electron chi connectivity index (χ3n) is 2.26. The van der Waals surface area contributed by atoms with Crippen LogP contribution in [0.2, 0.25) is 0 Å². The van der Waals surface area contributed by atoms with E-state index in [4.69, 9.17) is 0 Å². The Bertz CT molecular complexity index is 549. The van der Waals surface area contributed by atoms with Crippen molar-refractivity contribution in [2.24, 2.45) is 0 Å². The zero-order valence-corrected chi connectivity index (χ0v) is 8.30. The summed E-state index contributed by atoms with van der Waals surface area (Å²) in [6.45, 7) is 1.62. The number of fused-ring (bicyclic) bond motifs is 1. The van der Waals surface area contributed by atoms with Gasteiger partial charge in [-0.2, -0.15) is 13.2 Å². The minimum atomic E-state index is -4.47. The second-order valence-corrected chi connectivity index (χ2v) is 3.46. The monoisotopic (exact) mass is 226 g/mol. The molecule has 0 atom stereocenters. The molecule has 0 saturated carbocycles. The molecular formula is C11H7F3NO-. The second kappa shape index (κ2) is 3.37. The van der Waals surface area contributed by atoms with E-state index in [-0.39, 0.29) is 10.9 Å². The summed E-state index contributed by atoms with van der Waals surface area (Å²) in [6.07, 6.45) is -4.47. The van der Waals surface area contributed by atoms with Crippen LogP contribution in [0.4, 0.5) is 13.2 Å². The van der Waals surface area contributed by atoms with Crippen molar-refractivity contribution in [3.63, 3.8) is 0 Å². The summed E-state index contributed by atoms with van der Waals surface area (Å²) >= 11 is 0. The SMILES string of the molecule is Cc1ccc2c(C(F)(F)F)ccc([O-])c2n1. The molecule has 84 valence electrons. The van der Waals surface area contributed by atoms with Crippen molar-refractivity contribution in [2.75, 3.05) is 0 Å². The highest BCUT2D eigenvalue weighted by molar-refractivity contribution is 5.87. The largest absolute Gasteiger partial charge is 0.871 e. The Kier molecular flexibility index (Phi) is 2.26. The molecule has 1 heterocycles. The minimum Gasteiger partial charge on any atom is -0.871 e. The van der Waals surface area contributed by atoms with Gasteiger partial charge in [-0.3, -0.25) is 4.98 Å². The highest BCUT2D eigenvalue weighted by atomic mass is 19.4. The smallest absolute Gasteiger partial charge is 0.417 e. The van der Waals surface area contributed by atoms with Gasteiger partial charge < -0.3 is 5.11 Å². The van der Waals surface area contributed by atoms with Crippen LogP contribution < -0.4 is 5.11 Å². The number of pyridine rings is 1. The van der Waals surface area contributed by atoms with E-state index in [0.717, 1.165) is 12.1 Å². The summed E-state index contributed by atoms with van der Waals surface area (Å²) in [5, 5.41) is 11.2. The molecule has 0 radical (unpaired) electrons. The van der Waals surface area contributed by atoms with Crippen molar-refractivity contribution >= 4 is 10.9 Å². The molecule has 0 aliphatic carbocycles. The minimum absolute atomic E-state index is 0.130. The number of benzene rings is 1. The van der Waals surface area contributed by atoms with E-state index < -0.39 is 17.5 Å². The van der Waals surface area contributed by atoms with Gasteiger partial charge >= 0.3 is 6.18 Å². The van der Waals surface area contributed by atoms with Crippen LogP contribution >= 0.6 is 0 Å². The van der Waals surface area contributed by atoms with Crippen LogP contribution in [0.5, 0.6) is 5.75 Å². The lowest BCUT2D eigenvalue weighted by Crippen LogP contribution is -2.07. The molecule has 0 unspecified atom stereocenters. The van der Waals surface area contributed by atoms with E-state index in [1.807, 2.05) is 0 Å². The lowest BCUT2D eigenvalue weighted by atomic mass is 10.1. The first-order valence-electron chi connectivity index (χ1n) is 4.54. The zero-order valence-electron chi connectivity index (χ0n) is 8.30. The van der Waals surface area contributed by atoms with E-state index in [0.29, 0.717) is 5.69 Å². The maximum absolute atomic E-state index is 12.6. The number of rotatable bonds is 0. The number of hydrogen-bond acceptors (Lipinski definition) is 2. The Morgan fingerprint density at radius 3 is 2.44 bits per heavy atom. The van der Waals surface area contributed by atoms with E-state index in [1.165, 1.54) is 12.1 Å². The molecule has 0 fully saturated rings. The van der Waals surface area contributed by atoms with Gasteiger partial charge in [0, 0.05) is 11.1 Å². The quantitative estimate of drug-likeness (QED) is 0.692. The summed E-state index contributed by atoms with van der Waals surface area (Å²) in [5.74, 6) is -0.494. The van der Waals surface area contributed by atoms with Crippen molar-refractivity contribution in [1.82, 2.24) is 4.98 Å². The second-order valence-electron chi connectivity index (χ2n) is 3.46. The van der Waals surface area contributed by atoms with Gasteiger partial charge in [0.2, 0.25) is 0 Å². The van der Waals surface area contributed by atoms with E-state index >= 15 is 0 Å². The van der Waals surface area contributed by atoms with Crippen molar-refractivity contribution < 1.29 is 18.3 Å². The van der Waals surface area contributed by atoms with Gasteiger partial charge in [0.05, 0.1) is 11.1 Å². The maximum Gasteiger partial charge on any atom is 0.417 e. The van der Waals surface area contributed by atoms with Crippen molar-refractivity contribution in [3.05, 3.63) is 35.5 Å². The summed E-state index contributed by atoms with van der Waals surface area (Å²) in [5.41, 5.74) is -0.437. The Labute approximate surface area is 89.4 Å². The fourth-order valence-corrected chi connectivity index (χ4v) is 1.54. The Morgan fingerprint density at radius 2 is 1.81 bits per heavy atom. The van der Waals surface area contributed by atoms with Gasteiger partial charge in [0.25, 0.3) is 0 Å². The third-order valence-corrected chi connectivity index (χ3v) is 2.26. The van der Waals surface area contributed by atoms with Crippen molar-refractivity contribution in [2.45, 2.75) is 13.1 Å². The lowest BCUT2D eigenvalue weighted by Gasteiger charge is -2.15. The molecule has 0 bridgehead atoms. The Balaban J connectivity index is 2.85. The third kappa shape index (κ3) is 1.68. The van der Waals surface area contributed by atoms with Gasteiger partial charge in [-0.25, -0.2) is 0 Å². The van der Waals surface area contributed by atoms with Crippen molar-refractivity contribution in [3.8, 4) is 5.75 Å². The van der Waals surface area contributed by atoms with Gasteiger partial charge in [0.15, 0.2) is 0 Å². The average Bonchev–Trinajstić information content (AvgIpc) is 2.17. The van der Waals surface area contributed by atoms with Gasteiger partial charge in [-0.15, -0.1) is 0 Å². The molecular weight excluding hydrogens is 219 g/mol. The normalized spacial score (nSPS) is 12.0. The molecule has 0 amide bonds. The molecule has 2 aromatic rings. The van der Waals surface area contributed by atoms with Crippen LogP contribution in [0, 0.1) is 6.92 Å². The van der Waals surface area contributed by atoms with Crippen LogP contribution in [0.25, 0.3) is 10.9 Å². The Morgan fingerprint density at radius 1 is 1.12 bits per heavy atom. The molecule has 2 nitrogen and oxygen atoms in total. The lowest BCUT2D eigenvalue weighted by molar-refractivity contribution is -0.266. The van der Waals surface area contributed by atoms with Gasteiger partial charge in [-0.05, 0) is 19.1 Å². The number of aromatic nitrogens is 1. The van der Waals surface area contributed by atoms with Crippen molar-refractivity contribution in [1.29, 1.82) is 0 Å². The molecule has 1 aromatic heterocycles. The average molecular weight is 226 g/mol. The molecule has 1 aromatic carbocycles. The number of hydrogen-bond donors (Lipinski definition) is 0. The van der Waals surface area contributed by atoms with Gasteiger partial charge in [-0.1, -0.05) is 17.9 Å². The topological polar surface area (TPSA) is 36.0 Å². The van der Waals surface area contributed by atoms with Gasteiger partial charge in [0.1, 0.15) is 0 Å². The summed E-state index contributed by atoms with van der Waals surface area (Å²) in [4.78, 5) is 3.84. The first-order chi connectivity index (χ1) is 7.39. The molecule has 0 N–H and O–H groups in total. The number of nitrogens with zero attached hydrogens (tertiary/aromatic N) is 1. The van der Waals surface area contributed by atoms with E-state index in [2.05, 4.69) is 4.98 Å². The highest BCUT2D eigenvalue weighted by Gasteiger charge is 2.32. The van der Waals surface area contributed by atoms with Crippen LogP contribution in [-0.2, 0) is 6.18 Å². The summed E-state index contributed by atoms with van der Waals surface area (Å²) in [7, 11) is 0. The maximum atomic E-state index is 12.6. The standard InChI is InChI=1S/C11H8F3NO/c1-6-2-3-7-8(11(12,13)14)4-5-9(16)10(7)15-6/h2-5,16H,1H3/p-1. The summed E-state index contributed by atoms with van der Waals surface area (Å²) in [6, 6.07) is 4.43. The number of halogens is 3. The molecule has 0 aliphatic heterocycles. The van der Waals surface area contributed by atoms with E-state index in [9.17, 15) is 18.3 Å². The number of aryl methyl sites for hydroxylation is 1. The van der Waals surface area contributed by atoms with Crippen LogP contribution in [-0.4, -0.2) is 4.98 Å².